The van der Waals surface area contributed by atoms with Gasteiger partial charge in [0.25, 0.3) is 0 Å². The Balaban J connectivity index is 2.66. The Labute approximate surface area is 76.6 Å². The smallest absolute Gasteiger partial charge is 0.339 e. The maximum atomic E-state index is 10.9. The van der Waals surface area contributed by atoms with Gasteiger partial charge in [-0.05, 0) is 13.3 Å². The molecule has 1 aromatic heterocycles. The molecule has 0 atom stereocenters. The van der Waals surface area contributed by atoms with Gasteiger partial charge in [0, 0.05) is 6.07 Å². The molecule has 1 rings (SSSR count). The van der Waals surface area contributed by atoms with Gasteiger partial charge >= 0.3 is 5.63 Å². The lowest BCUT2D eigenvalue weighted by Gasteiger charge is -2.03. The Kier molecular flexibility index (Phi) is 3.31. The van der Waals surface area contributed by atoms with E-state index < -0.39 is 0 Å². The lowest BCUT2D eigenvalue weighted by Crippen LogP contribution is -2.02. The Morgan fingerprint density at radius 1 is 1.62 bits per heavy atom. The standard InChI is InChI=1S/C10H12O3/c1-3-4-5-12-9-6-8(2)13-10(11)7-9/h3,6-7H,1,4-5H2,2H3. The van der Waals surface area contributed by atoms with Crippen LogP contribution in [0.3, 0.4) is 0 Å². The SMILES string of the molecule is C=CCCOc1cc(C)oc(=O)c1. The lowest BCUT2D eigenvalue weighted by atomic mass is 10.4. The monoisotopic (exact) mass is 180 g/mol. The van der Waals surface area contributed by atoms with Crippen molar-refractivity contribution < 1.29 is 9.15 Å². The summed E-state index contributed by atoms with van der Waals surface area (Å²) in [6, 6.07) is 3.01. The van der Waals surface area contributed by atoms with Crippen LogP contribution in [0.1, 0.15) is 12.2 Å². The molecule has 1 heterocycles. The average molecular weight is 180 g/mol. The predicted molar refractivity (Wildman–Crippen MR) is 50.0 cm³/mol. The molecule has 3 nitrogen and oxygen atoms in total. The molecule has 3 heteroatoms. The molecule has 0 N–H and O–H groups in total. The summed E-state index contributed by atoms with van der Waals surface area (Å²) in [6.07, 6.45) is 2.53. The summed E-state index contributed by atoms with van der Waals surface area (Å²) >= 11 is 0. The van der Waals surface area contributed by atoms with E-state index in [1.807, 2.05) is 0 Å². The van der Waals surface area contributed by atoms with Crippen LogP contribution in [0.25, 0.3) is 0 Å². The van der Waals surface area contributed by atoms with Crippen LogP contribution < -0.4 is 10.4 Å². The van der Waals surface area contributed by atoms with Crippen molar-refractivity contribution in [3.05, 3.63) is 41.0 Å². The third kappa shape index (κ3) is 3.15. The molecule has 0 amide bonds. The molecule has 0 bridgehead atoms. The maximum Gasteiger partial charge on any atom is 0.339 e. The van der Waals surface area contributed by atoms with Crippen molar-refractivity contribution in [3.63, 3.8) is 0 Å². The highest BCUT2D eigenvalue weighted by molar-refractivity contribution is 5.19. The molecule has 0 spiro atoms. The van der Waals surface area contributed by atoms with Gasteiger partial charge in [-0.3, -0.25) is 0 Å². The van der Waals surface area contributed by atoms with Crippen molar-refractivity contribution in [3.8, 4) is 5.75 Å². The van der Waals surface area contributed by atoms with Crippen molar-refractivity contribution in [1.82, 2.24) is 0 Å². The van der Waals surface area contributed by atoms with Gasteiger partial charge in [0.2, 0.25) is 0 Å². The summed E-state index contributed by atoms with van der Waals surface area (Å²) in [5, 5.41) is 0. The van der Waals surface area contributed by atoms with Gasteiger partial charge in [-0.15, -0.1) is 6.58 Å². The zero-order chi connectivity index (χ0) is 9.68. The normalized spacial score (nSPS) is 9.62. The molecule has 0 unspecified atom stereocenters. The molecule has 0 aliphatic rings. The van der Waals surface area contributed by atoms with E-state index >= 15 is 0 Å². The first-order valence-electron chi connectivity index (χ1n) is 4.08. The number of ether oxygens (including phenoxy) is 1. The van der Waals surface area contributed by atoms with Crippen LogP contribution in [-0.4, -0.2) is 6.61 Å². The molecule has 0 radical (unpaired) electrons. The second-order valence-electron chi connectivity index (χ2n) is 2.65. The van der Waals surface area contributed by atoms with E-state index in [-0.39, 0.29) is 5.63 Å². The molecule has 1 aromatic rings. The molecule has 13 heavy (non-hydrogen) atoms. The summed E-state index contributed by atoms with van der Waals surface area (Å²) in [5.74, 6) is 1.11. The number of aryl methyl sites for hydroxylation is 1. The first-order valence-corrected chi connectivity index (χ1v) is 4.08. The highest BCUT2D eigenvalue weighted by atomic mass is 16.5. The van der Waals surface area contributed by atoms with Crippen molar-refractivity contribution in [2.45, 2.75) is 13.3 Å². The Bertz CT molecular complexity index is 338. The molecular weight excluding hydrogens is 168 g/mol. The van der Waals surface area contributed by atoms with E-state index in [0.717, 1.165) is 6.42 Å². The zero-order valence-electron chi connectivity index (χ0n) is 7.58. The zero-order valence-corrected chi connectivity index (χ0v) is 7.58. The fraction of sp³-hybridized carbons (Fsp3) is 0.300. The fourth-order valence-corrected chi connectivity index (χ4v) is 0.919. The third-order valence-electron chi connectivity index (χ3n) is 1.46. The summed E-state index contributed by atoms with van der Waals surface area (Å²) in [6.45, 7) is 5.81. The summed E-state index contributed by atoms with van der Waals surface area (Å²) in [5.41, 5.74) is -0.381. The van der Waals surface area contributed by atoms with E-state index in [1.54, 1.807) is 19.1 Å². The summed E-state index contributed by atoms with van der Waals surface area (Å²) in [7, 11) is 0. The first kappa shape index (κ1) is 9.58. The molecule has 0 fully saturated rings. The summed E-state index contributed by atoms with van der Waals surface area (Å²) < 4.78 is 10.0. The quantitative estimate of drug-likeness (QED) is 0.524. The van der Waals surface area contributed by atoms with Gasteiger partial charge in [-0.1, -0.05) is 6.08 Å². The van der Waals surface area contributed by atoms with E-state index in [0.29, 0.717) is 18.1 Å². The van der Waals surface area contributed by atoms with Gasteiger partial charge in [-0.25, -0.2) is 4.79 Å². The van der Waals surface area contributed by atoms with Crippen LogP contribution in [0, 0.1) is 6.92 Å². The Morgan fingerprint density at radius 3 is 3.00 bits per heavy atom. The Hall–Kier alpha value is -1.51. The van der Waals surface area contributed by atoms with Crippen molar-refractivity contribution in [2.24, 2.45) is 0 Å². The Morgan fingerprint density at radius 2 is 2.38 bits per heavy atom. The molecular formula is C10H12O3. The number of rotatable bonds is 4. The van der Waals surface area contributed by atoms with Gasteiger partial charge in [-0.2, -0.15) is 0 Å². The van der Waals surface area contributed by atoms with Crippen LogP contribution in [0.5, 0.6) is 5.75 Å². The second kappa shape index (κ2) is 4.50. The van der Waals surface area contributed by atoms with Crippen LogP contribution >= 0.6 is 0 Å². The van der Waals surface area contributed by atoms with Crippen LogP contribution in [0.4, 0.5) is 0 Å². The molecule has 0 saturated heterocycles. The van der Waals surface area contributed by atoms with E-state index in [9.17, 15) is 4.79 Å². The fourth-order valence-electron chi connectivity index (χ4n) is 0.919. The predicted octanol–water partition coefficient (Wildman–Crippen LogP) is 1.90. The second-order valence-corrected chi connectivity index (χ2v) is 2.65. The number of hydrogen-bond donors (Lipinski definition) is 0. The molecule has 0 saturated carbocycles. The molecule has 0 aliphatic heterocycles. The lowest BCUT2D eigenvalue weighted by molar-refractivity contribution is 0.318. The van der Waals surface area contributed by atoms with Crippen molar-refractivity contribution in [2.75, 3.05) is 6.61 Å². The van der Waals surface area contributed by atoms with Gasteiger partial charge in [0.05, 0.1) is 12.7 Å². The van der Waals surface area contributed by atoms with Crippen molar-refractivity contribution >= 4 is 0 Å². The van der Waals surface area contributed by atoms with E-state index in [2.05, 4.69) is 6.58 Å². The van der Waals surface area contributed by atoms with Gasteiger partial charge in [0.1, 0.15) is 11.5 Å². The number of hydrogen-bond acceptors (Lipinski definition) is 3. The van der Waals surface area contributed by atoms with Gasteiger partial charge < -0.3 is 9.15 Å². The summed E-state index contributed by atoms with van der Waals surface area (Å²) in [4.78, 5) is 10.9. The minimum Gasteiger partial charge on any atom is -0.493 e. The van der Waals surface area contributed by atoms with Crippen molar-refractivity contribution in [1.29, 1.82) is 0 Å². The minimum absolute atomic E-state index is 0.381. The molecule has 70 valence electrons. The maximum absolute atomic E-state index is 10.9. The highest BCUT2D eigenvalue weighted by Crippen LogP contribution is 2.09. The van der Waals surface area contributed by atoms with Gasteiger partial charge in [0.15, 0.2) is 0 Å². The third-order valence-corrected chi connectivity index (χ3v) is 1.46. The minimum atomic E-state index is -0.381. The first-order chi connectivity index (χ1) is 6.22. The largest absolute Gasteiger partial charge is 0.493 e. The average Bonchev–Trinajstić information content (AvgIpc) is 2.03. The highest BCUT2D eigenvalue weighted by Gasteiger charge is 1.97. The van der Waals surface area contributed by atoms with Crippen LogP contribution in [0.2, 0.25) is 0 Å². The van der Waals surface area contributed by atoms with Crippen LogP contribution in [0.15, 0.2) is 34.0 Å². The van der Waals surface area contributed by atoms with E-state index in [4.69, 9.17) is 9.15 Å². The molecule has 0 aliphatic carbocycles. The van der Waals surface area contributed by atoms with E-state index in [1.165, 1.54) is 6.07 Å². The molecule has 0 aromatic carbocycles. The topological polar surface area (TPSA) is 39.4 Å². The van der Waals surface area contributed by atoms with Crippen LogP contribution in [-0.2, 0) is 0 Å².